The first kappa shape index (κ1) is 18.3. The van der Waals surface area contributed by atoms with E-state index >= 15 is 0 Å². The highest BCUT2D eigenvalue weighted by Crippen LogP contribution is 2.33. The lowest BCUT2D eigenvalue weighted by atomic mass is 10.2. The predicted octanol–water partition coefficient (Wildman–Crippen LogP) is 0.766. The zero-order chi connectivity index (χ0) is 18.7. The number of carbonyl (C=O) groups excluding carboxylic acids is 2. The van der Waals surface area contributed by atoms with Crippen molar-refractivity contribution in [3.05, 3.63) is 18.2 Å². The molecule has 1 aromatic carbocycles. The highest BCUT2D eigenvalue weighted by molar-refractivity contribution is 5.97. The molecule has 142 valence electrons. The third kappa shape index (κ3) is 3.85. The van der Waals surface area contributed by atoms with Crippen LogP contribution in [0.25, 0.3) is 0 Å². The summed E-state index contributed by atoms with van der Waals surface area (Å²) in [5, 5.41) is 2.99. The van der Waals surface area contributed by atoms with Gasteiger partial charge in [0.15, 0.2) is 11.5 Å². The van der Waals surface area contributed by atoms with Crippen molar-refractivity contribution < 1.29 is 19.1 Å². The molecule has 0 aliphatic carbocycles. The van der Waals surface area contributed by atoms with Crippen LogP contribution in [0.5, 0.6) is 11.5 Å². The Labute approximate surface area is 153 Å². The van der Waals surface area contributed by atoms with Crippen LogP contribution < -0.4 is 19.7 Å². The van der Waals surface area contributed by atoms with Gasteiger partial charge in [0, 0.05) is 50.9 Å². The minimum atomic E-state index is -0.192. The predicted molar refractivity (Wildman–Crippen MR) is 97.9 cm³/mol. The molecule has 0 radical (unpaired) electrons. The minimum Gasteiger partial charge on any atom is -0.493 e. The van der Waals surface area contributed by atoms with E-state index in [0.717, 1.165) is 18.8 Å². The molecule has 2 aliphatic rings. The van der Waals surface area contributed by atoms with Crippen LogP contribution in [0.2, 0.25) is 0 Å². The van der Waals surface area contributed by atoms with E-state index in [1.54, 1.807) is 31.3 Å². The molecule has 8 nitrogen and oxygen atoms in total. The highest BCUT2D eigenvalue weighted by atomic mass is 16.5. The monoisotopic (exact) mass is 362 g/mol. The first-order valence-electron chi connectivity index (χ1n) is 8.78. The molecule has 1 atom stereocenters. The van der Waals surface area contributed by atoms with Crippen LogP contribution in [0.3, 0.4) is 0 Å². The molecular formula is C18H26N4O4. The number of ether oxygens (including phenoxy) is 2. The number of carbonyl (C=O) groups is 2. The fourth-order valence-electron chi connectivity index (χ4n) is 3.32. The van der Waals surface area contributed by atoms with Crippen LogP contribution in [-0.2, 0) is 4.79 Å². The van der Waals surface area contributed by atoms with Crippen molar-refractivity contribution >= 4 is 17.6 Å². The lowest BCUT2D eigenvalue weighted by Crippen LogP contribution is -2.52. The molecule has 2 saturated heterocycles. The Bertz CT molecular complexity index is 673. The Hall–Kier alpha value is -2.48. The van der Waals surface area contributed by atoms with Gasteiger partial charge in [0.25, 0.3) is 0 Å². The van der Waals surface area contributed by atoms with E-state index in [2.05, 4.69) is 10.2 Å². The van der Waals surface area contributed by atoms with Crippen molar-refractivity contribution in [3.8, 4) is 11.5 Å². The van der Waals surface area contributed by atoms with Crippen molar-refractivity contribution in [3.63, 3.8) is 0 Å². The standard InChI is InChI=1S/C18H26N4O4/c1-20-6-8-21(9-7-20)18(24)19-13-10-17(23)22(12-13)14-4-5-15(25-2)16(11-14)26-3/h4-5,11,13H,6-10,12H2,1-3H3,(H,19,24). The number of anilines is 1. The van der Waals surface area contributed by atoms with E-state index in [-0.39, 0.29) is 18.0 Å². The maximum Gasteiger partial charge on any atom is 0.317 e. The van der Waals surface area contributed by atoms with Crippen molar-refractivity contribution in [1.29, 1.82) is 0 Å². The van der Waals surface area contributed by atoms with Gasteiger partial charge in [0.2, 0.25) is 5.91 Å². The van der Waals surface area contributed by atoms with Gasteiger partial charge in [-0.1, -0.05) is 0 Å². The molecule has 0 aromatic heterocycles. The second-order valence-electron chi connectivity index (χ2n) is 6.68. The molecule has 2 fully saturated rings. The third-order valence-electron chi connectivity index (χ3n) is 4.92. The molecule has 0 bridgehead atoms. The SMILES string of the molecule is COc1ccc(N2CC(NC(=O)N3CCN(C)CC3)CC2=O)cc1OC. The number of hydrogen-bond acceptors (Lipinski definition) is 5. The first-order valence-corrected chi connectivity index (χ1v) is 8.78. The average molecular weight is 362 g/mol. The Kier molecular flexibility index (Phi) is 5.51. The average Bonchev–Trinajstić information content (AvgIpc) is 3.01. The van der Waals surface area contributed by atoms with Crippen LogP contribution in [-0.4, -0.2) is 81.8 Å². The summed E-state index contributed by atoms with van der Waals surface area (Å²) >= 11 is 0. The lowest BCUT2D eigenvalue weighted by molar-refractivity contribution is -0.117. The van der Waals surface area contributed by atoms with Gasteiger partial charge in [-0.2, -0.15) is 0 Å². The zero-order valence-corrected chi connectivity index (χ0v) is 15.5. The summed E-state index contributed by atoms with van der Waals surface area (Å²) in [5.74, 6) is 1.17. The molecule has 8 heteroatoms. The molecule has 1 aromatic rings. The van der Waals surface area contributed by atoms with Gasteiger partial charge in [-0.25, -0.2) is 4.79 Å². The van der Waals surface area contributed by atoms with Crippen molar-refractivity contribution in [2.45, 2.75) is 12.5 Å². The number of methoxy groups -OCH3 is 2. The van der Waals surface area contributed by atoms with Crippen LogP contribution in [0.15, 0.2) is 18.2 Å². The molecule has 3 amide bonds. The lowest BCUT2D eigenvalue weighted by Gasteiger charge is -2.33. The van der Waals surface area contributed by atoms with E-state index < -0.39 is 0 Å². The number of nitrogens with zero attached hydrogens (tertiary/aromatic N) is 3. The molecule has 26 heavy (non-hydrogen) atoms. The molecule has 3 rings (SSSR count). The fourth-order valence-corrected chi connectivity index (χ4v) is 3.32. The Morgan fingerprint density at radius 1 is 1.12 bits per heavy atom. The van der Waals surface area contributed by atoms with Crippen molar-refractivity contribution in [2.75, 3.05) is 58.9 Å². The van der Waals surface area contributed by atoms with Crippen LogP contribution in [0.1, 0.15) is 6.42 Å². The molecule has 0 saturated carbocycles. The molecule has 1 N–H and O–H groups in total. The zero-order valence-electron chi connectivity index (χ0n) is 15.5. The summed E-state index contributed by atoms with van der Waals surface area (Å²) in [4.78, 5) is 30.5. The second-order valence-corrected chi connectivity index (χ2v) is 6.68. The van der Waals surface area contributed by atoms with Gasteiger partial charge >= 0.3 is 6.03 Å². The summed E-state index contributed by atoms with van der Waals surface area (Å²) in [5.41, 5.74) is 0.740. The highest BCUT2D eigenvalue weighted by Gasteiger charge is 2.33. The Morgan fingerprint density at radius 2 is 1.81 bits per heavy atom. The van der Waals surface area contributed by atoms with Crippen molar-refractivity contribution in [2.24, 2.45) is 0 Å². The largest absolute Gasteiger partial charge is 0.493 e. The molecule has 2 heterocycles. The summed E-state index contributed by atoms with van der Waals surface area (Å²) in [6.07, 6.45) is 0.299. The van der Waals surface area contributed by atoms with Crippen LogP contribution >= 0.6 is 0 Å². The maximum absolute atomic E-state index is 12.4. The molecular weight excluding hydrogens is 336 g/mol. The number of amides is 3. The third-order valence-corrected chi connectivity index (χ3v) is 4.92. The number of benzene rings is 1. The number of nitrogens with one attached hydrogen (secondary N) is 1. The minimum absolute atomic E-state index is 0.0131. The van der Waals surface area contributed by atoms with E-state index in [1.807, 2.05) is 18.0 Å². The van der Waals surface area contributed by atoms with E-state index in [0.29, 0.717) is 37.6 Å². The summed E-state index contributed by atoms with van der Waals surface area (Å²) in [6.45, 7) is 3.61. The number of rotatable bonds is 4. The molecule has 2 aliphatic heterocycles. The first-order chi connectivity index (χ1) is 12.5. The van der Waals surface area contributed by atoms with E-state index in [9.17, 15) is 9.59 Å². The summed E-state index contributed by atoms with van der Waals surface area (Å²) in [7, 11) is 5.18. The van der Waals surface area contributed by atoms with Gasteiger partial charge < -0.3 is 29.5 Å². The van der Waals surface area contributed by atoms with Crippen LogP contribution in [0.4, 0.5) is 10.5 Å². The molecule has 1 unspecified atom stereocenters. The van der Waals surface area contributed by atoms with Gasteiger partial charge in [0.1, 0.15) is 0 Å². The van der Waals surface area contributed by atoms with Gasteiger partial charge in [0.05, 0.1) is 20.3 Å². The quantitative estimate of drug-likeness (QED) is 0.856. The Morgan fingerprint density at radius 3 is 2.46 bits per heavy atom. The summed E-state index contributed by atoms with van der Waals surface area (Å²) < 4.78 is 10.5. The smallest absolute Gasteiger partial charge is 0.317 e. The van der Waals surface area contributed by atoms with Gasteiger partial charge in [-0.05, 0) is 19.2 Å². The second kappa shape index (κ2) is 7.82. The summed E-state index contributed by atoms with van der Waals surface area (Å²) in [6, 6.07) is 5.09. The Balaban J connectivity index is 1.62. The number of likely N-dealkylation sites (N-methyl/N-ethyl adjacent to an activating group) is 1. The van der Waals surface area contributed by atoms with Crippen molar-refractivity contribution in [1.82, 2.24) is 15.1 Å². The van der Waals surface area contributed by atoms with E-state index in [1.165, 1.54) is 0 Å². The number of piperazine rings is 1. The van der Waals surface area contributed by atoms with Gasteiger partial charge in [-0.15, -0.1) is 0 Å². The van der Waals surface area contributed by atoms with Crippen LogP contribution in [0, 0.1) is 0 Å². The topological polar surface area (TPSA) is 74.4 Å². The maximum atomic E-state index is 12.4. The number of urea groups is 1. The fraction of sp³-hybridized carbons (Fsp3) is 0.556. The number of hydrogen-bond donors (Lipinski definition) is 1. The van der Waals surface area contributed by atoms with E-state index in [4.69, 9.17) is 9.47 Å². The normalized spacial score (nSPS) is 21.0. The molecule has 0 spiro atoms. The van der Waals surface area contributed by atoms with Gasteiger partial charge in [-0.3, -0.25) is 4.79 Å².